The Morgan fingerprint density at radius 1 is 1.40 bits per heavy atom. The number of fused-ring (bicyclic) bond motifs is 1. The third kappa shape index (κ3) is 1.78. The van der Waals surface area contributed by atoms with Gasteiger partial charge in [-0.1, -0.05) is 20.8 Å². The lowest BCUT2D eigenvalue weighted by molar-refractivity contribution is 0.336. The van der Waals surface area contributed by atoms with E-state index >= 15 is 0 Å². The molecule has 1 aliphatic heterocycles. The largest absolute Gasteiger partial charge is 0.326 e. The number of hydrogen-bond acceptors (Lipinski definition) is 3. The van der Waals surface area contributed by atoms with Crippen molar-refractivity contribution in [1.82, 2.24) is 14.8 Å². The molecule has 2 unspecified atom stereocenters. The second-order valence-corrected chi connectivity index (χ2v) is 5.49. The molecule has 0 saturated heterocycles. The van der Waals surface area contributed by atoms with Crippen LogP contribution < -0.4 is 5.73 Å². The maximum absolute atomic E-state index is 6.02. The Bertz CT molecular complexity index is 361. The highest BCUT2D eigenvalue weighted by Gasteiger charge is 2.28. The molecule has 84 valence electrons. The Morgan fingerprint density at radius 3 is 2.67 bits per heavy atom. The lowest BCUT2D eigenvalue weighted by atomic mass is 9.96. The van der Waals surface area contributed by atoms with Gasteiger partial charge in [0.05, 0.1) is 6.04 Å². The van der Waals surface area contributed by atoms with Crippen molar-refractivity contribution < 1.29 is 0 Å². The predicted octanol–water partition coefficient (Wildman–Crippen LogP) is 1.41. The van der Waals surface area contributed by atoms with Gasteiger partial charge in [-0.25, -0.2) is 9.67 Å². The van der Waals surface area contributed by atoms with Crippen molar-refractivity contribution >= 4 is 0 Å². The molecule has 0 bridgehead atoms. The van der Waals surface area contributed by atoms with E-state index in [2.05, 4.69) is 37.8 Å². The highest BCUT2D eigenvalue weighted by atomic mass is 15.4. The van der Waals surface area contributed by atoms with Crippen molar-refractivity contribution in [1.29, 1.82) is 0 Å². The number of rotatable bonds is 0. The van der Waals surface area contributed by atoms with E-state index in [1.165, 1.54) is 0 Å². The molecule has 2 N–H and O–H groups in total. The molecule has 4 heteroatoms. The molecule has 1 aromatic rings. The molecule has 4 nitrogen and oxygen atoms in total. The third-order valence-corrected chi connectivity index (χ3v) is 3.08. The summed E-state index contributed by atoms with van der Waals surface area (Å²) in [6, 6.07) is 0.490. The van der Waals surface area contributed by atoms with Crippen LogP contribution in [0.1, 0.15) is 51.8 Å². The number of nitrogens with zero attached hydrogens (tertiary/aromatic N) is 3. The third-order valence-electron chi connectivity index (χ3n) is 3.08. The van der Waals surface area contributed by atoms with E-state index in [0.717, 1.165) is 24.5 Å². The molecule has 1 aromatic heterocycles. The van der Waals surface area contributed by atoms with Gasteiger partial charge < -0.3 is 5.73 Å². The predicted molar refractivity (Wildman–Crippen MR) is 59.7 cm³/mol. The van der Waals surface area contributed by atoms with Crippen molar-refractivity contribution in [3.63, 3.8) is 0 Å². The molecule has 1 aliphatic rings. The van der Waals surface area contributed by atoms with Crippen molar-refractivity contribution in [2.75, 3.05) is 0 Å². The van der Waals surface area contributed by atoms with Crippen LogP contribution in [0.3, 0.4) is 0 Å². The Morgan fingerprint density at radius 2 is 2.07 bits per heavy atom. The topological polar surface area (TPSA) is 56.7 Å². The van der Waals surface area contributed by atoms with E-state index in [9.17, 15) is 0 Å². The number of nitrogens with two attached hydrogens (primary N) is 1. The number of aromatic nitrogens is 3. The molecule has 15 heavy (non-hydrogen) atoms. The van der Waals surface area contributed by atoms with Crippen LogP contribution in [-0.4, -0.2) is 20.8 Å². The minimum absolute atomic E-state index is 0.0220. The molecule has 0 amide bonds. The van der Waals surface area contributed by atoms with E-state index in [1.807, 2.05) is 4.68 Å². The van der Waals surface area contributed by atoms with Crippen molar-refractivity contribution in [3.05, 3.63) is 11.6 Å². The lowest BCUT2D eigenvalue weighted by Gasteiger charge is -2.26. The van der Waals surface area contributed by atoms with Gasteiger partial charge >= 0.3 is 0 Å². The van der Waals surface area contributed by atoms with Crippen LogP contribution in [0.5, 0.6) is 0 Å². The molecular formula is C11H20N4. The van der Waals surface area contributed by atoms with E-state index in [0.29, 0.717) is 0 Å². The van der Waals surface area contributed by atoms with Crippen LogP contribution >= 0.6 is 0 Å². The average Bonchev–Trinajstić information content (AvgIpc) is 2.55. The zero-order chi connectivity index (χ0) is 11.2. The summed E-state index contributed by atoms with van der Waals surface area (Å²) in [5, 5.41) is 4.58. The molecule has 0 fully saturated rings. The molecule has 2 heterocycles. The van der Waals surface area contributed by atoms with E-state index in [4.69, 9.17) is 5.73 Å². The fraction of sp³-hybridized carbons (Fsp3) is 0.818. The first kappa shape index (κ1) is 10.6. The summed E-state index contributed by atoms with van der Waals surface area (Å²) in [7, 11) is 0. The first-order valence-electron chi connectivity index (χ1n) is 5.61. The Hall–Kier alpha value is -0.900. The standard InChI is InChI=1S/C11H20N4/c1-7-8(12)5-6-9-13-10(11(2,3)4)14-15(7)9/h7-8H,5-6,12H2,1-4H3. The summed E-state index contributed by atoms with van der Waals surface area (Å²) in [5.74, 6) is 2.02. The van der Waals surface area contributed by atoms with Gasteiger partial charge in [0.15, 0.2) is 5.82 Å². The summed E-state index contributed by atoms with van der Waals surface area (Å²) in [4.78, 5) is 4.60. The van der Waals surface area contributed by atoms with Gasteiger partial charge in [-0.3, -0.25) is 0 Å². The van der Waals surface area contributed by atoms with Gasteiger partial charge in [0.2, 0.25) is 0 Å². The van der Waals surface area contributed by atoms with Crippen LogP contribution in [-0.2, 0) is 11.8 Å². The quantitative estimate of drug-likeness (QED) is 0.701. The summed E-state index contributed by atoms with van der Waals surface area (Å²) < 4.78 is 2.01. The van der Waals surface area contributed by atoms with Gasteiger partial charge in [-0.05, 0) is 13.3 Å². The van der Waals surface area contributed by atoms with Crippen LogP contribution in [0.25, 0.3) is 0 Å². The van der Waals surface area contributed by atoms with Crippen molar-refractivity contribution in [3.8, 4) is 0 Å². The van der Waals surface area contributed by atoms with Gasteiger partial charge in [-0.2, -0.15) is 5.10 Å². The first-order valence-corrected chi connectivity index (χ1v) is 5.61. The molecule has 2 rings (SSSR count). The monoisotopic (exact) mass is 208 g/mol. The van der Waals surface area contributed by atoms with Crippen LogP contribution in [0.15, 0.2) is 0 Å². The van der Waals surface area contributed by atoms with E-state index in [1.54, 1.807) is 0 Å². The fourth-order valence-electron chi connectivity index (χ4n) is 1.89. The summed E-state index contributed by atoms with van der Waals surface area (Å²) in [6.45, 7) is 8.53. The van der Waals surface area contributed by atoms with Crippen LogP contribution in [0.2, 0.25) is 0 Å². The average molecular weight is 208 g/mol. The molecule has 0 aliphatic carbocycles. The molecule has 0 radical (unpaired) electrons. The van der Waals surface area contributed by atoms with Gasteiger partial charge in [0.1, 0.15) is 5.82 Å². The Kier molecular flexibility index (Phi) is 2.34. The minimum atomic E-state index is 0.0220. The van der Waals surface area contributed by atoms with Crippen molar-refractivity contribution in [2.24, 2.45) is 5.73 Å². The molecule has 0 saturated carbocycles. The van der Waals surface area contributed by atoms with Gasteiger partial charge in [0, 0.05) is 17.9 Å². The molecule has 0 spiro atoms. The maximum atomic E-state index is 6.02. The summed E-state index contributed by atoms with van der Waals surface area (Å²) >= 11 is 0. The lowest BCUT2D eigenvalue weighted by Crippen LogP contribution is -2.36. The SMILES string of the molecule is CC1C(N)CCc2nc(C(C)(C)C)nn21. The zero-order valence-electron chi connectivity index (χ0n) is 9.99. The zero-order valence-corrected chi connectivity index (χ0v) is 9.99. The summed E-state index contributed by atoms with van der Waals surface area (Å²) in [5.41, 5.74) is 6.04. The first-order chi connectivity index (χ1) is 6.89. The normalized spacial score (nSPS) is 26.5. The minimum Gasteiger partial charge on any atom is -0.326 e. The highest BCUT2D eigenvalue weighted by molar-refractivity contribution is 5.07. The second kappa shape index (κ2) is 3.30. The molecule has 2 atom stereocenters. The second-order valence-electron chi connectivity index (χ2n) is 5.49. The smallest absolute Gasteiger partial charge is 0.156 e. The maximum Gasteiger partial charge on any atom is 0.156 e. The van der Waals surface area contributed by atoms with Crippen LogP contribution in [0, 0.1) is 0 Å². The molecule has 0 aromatic carbocycles. The van der Waals surface area contributed by atoms with Crippen LogP contribution in [0.4, 0.5) is 0 Å². The van der Waals surface area contributed by atoms with E-state index < -0.39 is 0 Å². The van der Waals surface area contributed by atoms with E-state index in [-0.39, 0.29) is 17.5 Å². The Balaban J connectivity index is 2.40. The summed E-state index contributed by atoms with van der Waals surface area (Å²) in [6.07, 6.45) is 1.97. The van der Waals surface area contributed by atoms with Gasteiger partial charge in [0.25, 0.3) is 0 Å². The highest BCUT2D eigenvalue weighted by Crippen LogP contribution is 2.25. The van der Waals surface area contributed by atoms with Gasteiger partial charge in [-0.15, -0.1) is 0 Å². The number of hydrogen-bond donors (Lipinski definition) is 1. The fourth-order valence-corrected chi connectivity index (χ4v) is 1.89. The number of aryl methyl sites for hydroxylation is 1. The van der Waals surface area contributed by atoms with Crippen molar-refractivity contribution in [2.45, 2.75) is 58.0 Å². The molecular weight excluding hydrogens is 188 g/mol. The Labute approximate surface area is 90.9 Å².